The van der Waals surface area contributed by atoms with Crippen LogP contribution in [0.25, 0.3) is 0 Å². The number of anilines is 1. The summed E-state index contributed by atoms with van der Waals surface area (Å²) in [5, 5.41) is 3.73. The van der Waals surface area contributed by atoms with Crippen LogP contribution < -0.4 is 15.8 Å². The van der Waals surface area contributed by atoms with Crippen LogP contribution in [-0.2, 0) is 6.54 Å². The number of nitrogen functional groups attached to an aromatic ring is 1. The number of nitrogens with two attached hydrogens (primary N) is 1. The average molecular weight is 258 g/mol. The second-order valence-electron chi connectivity index (χ2n) is 6.46. The van der Waals surface area contributed by atoms with Crippen LogP contribution in [0.4, 0.5) is 5.69 Å². The number of ether oxygens (including phenoxy) is 1. The number of rotatable bonds is 4. The van der Waals surface area contributed by atoms with Crippen LogP contribution in [0.5, 0.6) is 5.75 Å². The van der Waals surface area contributed by atoms with E-state index < -0.39 is 0 Å². The molecule has 3 aliphatic carbocycles. The van der Waals surface area contributed by atoms with Gasteiger partial charge in [0.25, 0.3) is 0 Å². The summed E-state index contributed by atoms with van der Waals surface area (Å²) in [6, 6.07) is 6.75. The van der Waals surface area contributed by atoms with E-state index in [1.807, 2.05) is 12.1 Å². The minimum atomic E-state index is 0.771. The van der Waals surface area contributed by atoms with E-state index in [0.717, 1.165) is 47.7 Å². The van der Waals surface area contributed by atoms with Gasteiger partial charge in [-0.1, -0.05) is 6.07 Å². The largest absolute Gasteiger partial charge is 0.497 e. The fourth-order valence-corrected chi connectivity index (χ4v) is 4.69. The van der Waals surface area contributed by atoms with E-state index in [2.05, 4.69) is 11.4 Å². The molecule has 1 aromatic rings. The summed E-state index contributed by atoms with van der Waals surface area (Å²) in [6.07, 6.45) is 4.47. The van der Waals surface area contributed by atoms with Gasteiger partial charge >= 0.3 is 0 Å². The summed E-state index contributed by atoms with van der Waals surface area (Å²) in [4.78, 5) is 0. The van der Waals surface area contributed by atoms with Crippen molar-refractivity contribution in [3.8, 4) is 5.75 Å². The number of hydrogen-bond acceptors (Lipinski definition) is 3. The molecule has 3 fully saturated rings. The van der Waals surface area contributed by atoms with Gasteiger partial charge in [0, 0.05) is 24.3 Å². The topological polar surface area (TPSA) is 47.3 Å². The second-order valence-corrected chi connectivity index (χ2v) is 6.46. The number of nitrogens with one attached hydrogen (secondary N) is 1. The molecule has 4 atom stereocenters. The predicted molar refractivity (Wildman–Crippen MR) is 75.8 cm³/mol. The van der Waals surface area contributed by atoms with E-state index in [1.165, 1.54) is 24.8 Å². The number of hydrogen-bond donors (Lipinski definition) is 2. The smallest absolute Gasteiger partial charge is 0.120 e. The van der Waals surface area contributed by atoms with E-state index in [-0.39, 0.29) is 0 Å². The molecule has 0 heterocycles. The molecule has 3 aliphatic rings. The van der Waals surface area contributed by atoms with Crippen LogP contribution in [0.15, 0.2) is 18.2 Å². The van der Waals surface area contributed by atoms with Crippen LogP contribution in [0, 0.1) is 23.7 Å². The van der Waals surface area contributed by atoms with Gasteiger partial charge in [0.05, 0.1) is 7.11 Å². The zero-order valence-corrected chi connectivity index (χ0v) is 11.4. The van der Waals surface area contributed by atoms with Crippen molar-refractivity contribution in [1.29, 1.82) is 0 Å². The Labute approximate surface area is 114 Å². The number of fused-ring (bicyclic) bond motifs is 5. The zero-order chi connectivity index (χ0) is 13.0. The van der Waals surface area contributed by atoms with Gasteiger partial charge in [0.1, 0.15) is 5.75 Å². The molecule has 0 radical (unpaired) electrons. The second kappa shape index (κ2) is 4.14. The van der Waals surface area contributed by atoms with Crippen LogP contribution in [0.1, 0.15) is 24.8 Å². The Kier molecular flexibility index (Phi) is 2.52. The van der Waals surface area contributed by atoms with Gasteiger partial charge in [0.2, 0.25) is 0 Å². The van der Waals surface area contributed by atoms with Gasteiger partial charge in [-0.2, -0.15) is 0 Å². The van der Waals surface area contributed by atoms with E-state index in [4.69, 9.17) is 10.5 Å². The lowest BCUT2D eigenvalue weighted by molar-refractivity contribution is 0.414. The molecule has 0 spiro atoms. The maximum atomic E-state index is 6.07. The van der Waals surface area contributed by atoms with Crippen molar-refractivity contribution < 1.29 is 4.74 Å². The monoisotopic (exact) mass is 258 g/mol. The molecule has 3 heteroatoms. The minimum absolute atomic E-state index is 0.771. The Morgan fingerprint density at radius 3 is 2.63 bits per heavy atom. The third-order valence-electron chi connectivity index (χ3n) is 5.62. The Hall–Kier alpha value is -1.22. The minimum Gasteiger partial charge on any atom is -0.497 e. The average Bonchev–Trinajstić information content (AvgIpc) is 2.81. The highest BCUT2D eigenvalue weighted by Gasteiger charge is 2.64. The predicted octanol–water partition coefficient (Wildman–Crippen LogP) is 2.41. The van der Waals surface area contributed by atoms with Crippen molar-refractivity contribution in [2.24, 2.45) is 23.7 Å². The summed E-state index contributed by atoms with van der Waals surface area (Å²) in [6.45, 7) is 0.896. The molecule has 4 unspecified atom stereocenters. The maximum Gasteiger partial charge on any atom is 0.120 e. The maximum absolute atomic E-state index is 6.07. The normalized spacial score (nSPS) is 38.3. The lowest BCUT2D eigenvalue weighted by atomic mass is 10.0. The van der Waals surface area contributed by atoms with Gasteiger partial charge < -0.3 is 15.8 Å². The lowest BCUT2D eigenvalue weighted by Gasteiger charge is -2.12. The van der Waals surface area contributed by atoms with Gasteiger partial charge in [-0.15, -0.1) is 0 Å². The third kappa shape index (κ3) is 1.75. The zero-order valence-electron chi connectivity index (χ0n) is 11.4. The first kappa shape index (κ1) is 11.6. The van der Waals surface area contributed by atoms with Crippen LogP contribution in [-0.4, -0.2) is 13.2 Å². The summed E-state index contributed by atoms with van der Waals surface area (Å²) < 4.78 is 5.18. The highest BCUT2D eigenvalue weighted by Crippen LogP contribution is 2.65. The van der Waals surface area contributed by atoms with Crippen molar-refractivity contribution in [2.75, 3.05) is 12.8 Å². The summed E-state index contributed by atoms with van der Waals surface area (Å²) in [5.41, 5.74) is 8.09. The van der Waals surface area contributed by atoms with E-state index >= 15 is 0 Å². The first-order valence-corrected chi connectivity index (χ1v) is 7.43. The molecule has 4 rings (SSSR count). The molecule has 1 aromatic carbocycles. The molecule has 0 aromatic heterocycles. The molecule has 0 amide bonds. The summed E-state index contributed by atoms with van der Waals surface area (Å²) in [5.74, 6) is 4.86. The molecular formula is C16H22N2O. The van der Waals surface area contributed by atoms with Crippen molar-refractivity contribution in [2.45, 2.75) is 31.8 Å². The van der Waals surface area contributed by atoms with Crippen molar-refractivity contribution >= 4 is 5.69 Å². The highest BCUT2D eigenvalue weighted by molar-refractivity contribution is 5.51. The molecular weight excluding hydrogens is 236 g/mol. The fourth-order valence-electron chi connectivity index (χ4n) is 4.69. The van der Waals surface area contributed by atoms with Crippen LogP contribution in [0.3, 0.4) is 0 Å². The van der Waals surface area contributed by atoms with Crippen LogP contribution >= 0.6 is 0 Å². The van der Waals surface area contributed by atoms with E-state index in [1.54, 1.807) is 7.11 Å². The summed E-state index contributed by atoms with van der Waals surface area (Å²) in [7, 11) is 1.67. The Balaban J connectivity index is 1.39. The molecule has 3 N–H and O–H groups in total. The first-order valence-electron chi connectivity index (χ1n) is 7.43. The Bertz CT molecular complexity index is 486. The van der Waals surface area contributed by atoms with Crippen molar-refractivity contribution in [3.63, 3.8) is 0 Å². The molecule has 0 aliphatic heterocycles. The van der Waals surface area contributed by atoms with Gasteiger partial charge in [-0.05, 0) is 54.6 Å². The van der Waals surface area contributed by atoms with Crippen LogP contribution in [0.2, 0.25) is 0 Å². The molecule has 19 heavy (non-hydrogen) atoms. The van der Waals surface area contributed by atoms with Gasteiger partial charge in [-0.25, -0.2) is 0 Å². The quantitative estimate of drug-likeness (QED) is 0.815. The summed E-state index contributed by atoms with van der Waals surface area (Å²) >= 11 is 0. The standard InChI is InChI=1S/C16H22N2O/c1-19-12-5-4-11(13(17)7-12)8-18-16-14-9-2-3-10(6-9)15(14)16/h4-5,7,9-10,14-16,18H,2-3,6,8,17H2,1H3. The fraction of sp³-hybridized carbons (Fsp3) is 0.625. The molecule has 3 nitrogen and oxygen atoms in total. The molecule has 3 saturated carbocycles. The van der Waals surface area contributed by atoms with E-state index in [0.29, 0.717) is 0 Å². The molecule has 102 valence electrons. The molecule has 2 bridgehead atoms. The number of methoxy groups -OCH3 is 1. The number of benzene rings is 1. The van der Waals surface area contributed by atoms with Gasteiger partial charge in [-0.3, -0.25) is 0 Å². The first-order chi connectivity index (χ1) is 9.28. The van der Waals surface area contributed by atoms with E-state index in [9.17, 15) is 0 Å². The van der Waals surface area contributed by atoms with Crippen molar-refractivity contribution in [3.05, 3.63) is 23.8 Å². The Morgan fingerprint density at radius 1 is 1.26 bits per heavy atom. The SMILES string of the molecule is COc1ccc(CNC2C3C4CCC(C4)C23)c(N)c1. The highest BCUT2D eigenvalue weighted by atomic mass is 16.5. The Morgan fingerprint density at radius 2 is 2.00 bits per heavy atom. The third-order valence-corrected chi connectivity index (χ3v) is 5.62. The lowest BCUT2D eigenvalue weighted by Crippen LogP contribution is -2.23. The van der Waals surface area contributed by atoms with Crippen molar-refractivity contribution in [1.82, 2.24) is 5.32 Å². The molecule has 0 saturated heterocycles. The van der Waals surface area contributed by atoms with Gasteiger partial charge in [0.15, 0.2) is 0 Å².